The minimum atomic E-state index is 0.216. The Morgan fingerprint density at radius 3 is 2.59 bits per heavy atom. The van der Waals surface area contributed by atoms with E-state index in [4.69, 9.17) is 38.0 Å². The number of rotatable bonds is 5. The normalized spacial score (nSPS) is 12.3. The third-order valence-electron chi connectivity index (χ3n) is 4.71. The smallest absolute Gasteiger partial charge is 0.231 e. The molecule has 0 fully saturated rings. The van der Waals surface area contributed by atoms with Crippen molar-refractivity contribution in [1.29, 1.82) is 0 Å². The molecule has 0 saturated heterocycles. The van der Waals surface area contributed by atoms with E-state index in [1.807, 2.05) is 38.1 Å². The fraction of sp³-hybridized carbons (Fsp3) is 0.217. The summed E-state index contributed by atoms with van der Waals surface area (Å²) in [5.41, 5.74) is 3.20. The SMILES string of the molecule is COc1ccc(Cl)cc1NC(=S)NC(=NCc1ccc2c(c1)OCO2)Nc1nc(C)cc(C)n1. The van der Waals surface area contributed by atoms with Gasteiger partial charge < -0.3 is 24.8 Å². The number of guanidine groups is 1. The van der Waals surface area contributed by atoms with Crippen molar-refractivity contribution >= 4 is 46.5 Å². The molecule has 1 aliphatic rings. The van der Waals surface area contributed by atoms with E-state index in [1.54, 1.807) is 25.3 Å². The van der Waals surface area contributed by atoms with Crippen molar-refractivity contribution in [2.75, 3.05) is 24.5 Å². The molecule has 2 heterocycles. The van der Waals surface area contributed by atoms with E-state index in [1.165, 1.54) is 0 Å². The van der Waals surface area contributed by atoms with Gasteiger partial charge >= 0.3 is 0 Å². The molecule has 11 heteroatoms. The lowest BCUT2D eigenvalue weighted by atomic mass is 10.2. The highest BCUT2D eigenvalue weighted by Crippen LogP contribution is 2.32. The number of anilines is 2. The van der Waals surface area contributed by atoms with Crippen molar-refractivity contribution in [1.82, 2.24) is 15.3 Å². The van der Waals surface area contributed by atoms with Crippen LogP contribution < -0.4 is 30.2 Å². The highest BCUT2D eigenvalue weighted by atomic mass is 35.5. The Labute approximate surface area is 207 Å². The van der Waals surface area contributed by atoms with Crippen LogP contribution in [0.15, 0.2) is 47.5 Å². The molecule has 2 aromatic carbocycles. The van der Waals surface area contributed by atoms with Gasteiger partial charge in [0.2, 0.25) is 18.7 Å². The first-order chi connectivity index (χ1) is 16.4. The van der Waals surface area contributed by atoms with Gasteiger partial charge in [0.05, 0.1) is 19.3 Å². The third-order valence-corrected chi connectivity index (χ3v) is 5.15. The zero-order valence-corrected chi connectivity index (χ0v) is 20.4. The van der Waals surface area contributed by atoms with Crippen LogP contribution in [0.2, 0.25) is 5.02 Å². The molecule has 1 aromatic heterocycles. The van der Waals surface area contributed by atoms with Crippen molar-refractivity contribution < 1.29 is 14.2 Å². The minimum Gasteiger partial charge on any atom is -0.495 e. The van der Waals surface area contributed by atoms with Gasteiger partial charge in [-0.25, -0.2) is 15.0 Å². The van der Waals surface area contributed by atoms with Gasteiger partial charge in [-0.05, 0) is 68.0 Å². The number of hydrogen-bond donors (Lipinski definition) is 3. The summed E-state index contributed by atoms with van der Waals surface area (Å²) in [6, 6.07) is 12.8. The van der Waals surface area contributed by atoms with Crippen LogP contribution in [0.25, 0.3) is 0 Å². The fourth-order valence-electron chi connectivity index (χ4n) is 3.25. The van der Waals surface area contributed by atoms with E-state index in [0.717, 1.165) is 17.0 Å². The van der Waals surface area contributed by atoms with E-state index in [-0.39, 0.29) is 11.9 Å². The molecule has 0 unspecified atom stereocenters. The topological polar surface area (TPSA) is 102 Å². The van der Waals surface area contributed by atoms with Crippen LogP contribution in [0.1, 0.15) is 17.0 Å². The lowest BCUT2D eigenvalue weighted by Gasteiger charge is -2.16. The molecular formula is C23H23ClN6O3S. The number of thiocarbonyl (C=S) groups is 1. The zero-order chi connectivity index (χ0) is 24.1. The Kier molecular flexibility index (Phi) is 7.29. The van der Waals surface area contributed by atoms with E-state index in [0.29, 0.717) is 46.4 Å². The van der Waals surface area contributed by atoms with Crippen LogP contribution in [-0.4, -0.2) is 34.9 Å². The Morgan fingerprint density at radius 2 is 1.82 bits per heavy atom. The molecule has 0 radical (unpaired) electrons. The number of halogens is 1. The number of nitrogens with one attached hydrogen (secondary N) is 3. The summed E-state index contributed by atoms with van der Waals surface area (Å²) in [5, 5.41) is 10.1. The molecule has 0 atom stereocenters. The second-order valence-electron chi connectivity index (χ2n) is 7.38. The summed E-state index contributed by atoms with van der Waals surface area (Å²) in [4.78, 5) is 13.5. The van der Waals surface area contributed by atoms with Crippen molar-refractivity contribution in [3.8, 4) is 17.2 Å². The molecular weight excluding hydrogens is 476 g/mol. The van der Waals surface area contributed by atoms with Crippen LogP contribution in [-0.2, 0) is 6.54 Å². The molecule has 0 spiro atoms. The number of fused-ring (bicyclic) bond motifs is 1. The number of methoxy groups -OCH3 is 1. The van der Waals surface area contributed by atoms with Gasteiger partial charge in [0, 0.05) is 16.4 Å². The summed E-state index contributed by atoms with van der Waals surface area (Å²) < 4.78 is 16.2. The lowest BCUT2D eigenvalue weighted by Crippen LogP contribution is -2.39. The van der Waals surface area contributed by atoms with Gasteiger partial charge in [-0.15, -0.1) is 0 Å². The van der Waals surface area contributed by atoms with Crippen molar-refractivity contribution in [3.63, 3.8) is 0 Å². The summed E-state index contributed by atoms with van der Waals surface area (Å²) >= 11 is 11.6. The van der Waals surface area contributed by atoms with E-state index in [9.17, 15) is 0 Å². The Hall–Kier alpha value is -3.63. The molecule has 4 rings (SSSR count). The highest BCUT2D eigenvalue weighted by Gasteiger charge is 2.14. The molecule has 176 valence electrons. The van der Waals surface area contributed by atoms with Crippen LogP contribution >= 0.6 is 23.8 Å². The maximum absolute atomic E-state index is 6.13. The van der Waals surface area contributed by atoms with Crippen molar-refractivity contribution in [2.45, 2.75) is 20.4 Å². The van der Waals surface area contributed by atoms with E-state index < -0.39 is 0 Å². The molecule has 0 saturated carbocycles. The molecule has 0 amide bonds. The minimum absolute atomic E-state index is 0.216. The molecule has 1 aliphatic heterocycles. The monoisotopic (exact) mass is 498 g/mol. The Morgan fingerprint density at radius 1 is 1.06 bits per heavy atom. The van der Waals surface area contributed by atoms with Gasteiger partial charge in [-0.1, -0.05) is 17.7 Å². The molecule has 0 aliphatic carbocycles. The summed E-state index contributed by atoms with van der Waals surface area (Å²) in [6.45, 7) is 4.36. The first kappa shape index (κ1) is 23.5. The molecule has 0 bridgehead atoms. The standard InChI is InChI=1S/C23H23ClN6O3S/c1-13-8-14(2)27-22(26-13)29-21(25-11-15-4-6-19-20(9-15)33-12-32-19)30-23(34)28-17-10-16(24)5-7-18(17)31-3/h4-10H,11-12H2,1-3H3,(H3,25,26,27,28,29,30,34). The van der Waals surface area contributed by atoms with Gasteiger partial charge in [-0.3, -0.25) is 5.32 Å². The molecule has 3 N–H and O–H groups in total. The molecule has 3 aromatic rings. The first-order valence-corrected chi connectivity index (χ1v) is 11.1. The van der Waals surface area contributed by atoms with Crippen molar-refractivity contribution in [3.05, 3.63) is 64.4 Å². The number of aryl methyl sites for hydroxylation is 2. The first-order valence-electron chi connectivity index (χ1n) is 10.3. The second-order valence-corrected chi connectivity index (χ2v) is 8.22. The van der Waals surface area contributed by atoms with E-state index in [2.05, 4.69) is 30.9 Å². The van der Waals surface area contributed by atoms with Crippen LogP contribution in [0.4, 0.5) is 11.6 Å². The van der Waals surface area contributed by atoms with E-state index >= 15 is 0 Å². The molecule has 9 nitrogen and oxygen atoms in total. The number of nitrogens with zero attached hydrogens (tertiary/aromatic N) is 3. The van der Waals surface area contributed by atoms with Gasteiger partial charge in [0.1, 0.15) is 5.75 Å². The van der Waals surface area contributed by atoms with Gasteiger partial charge in [0.25, 0.3) is 0 Å². The maximum atomic E-state index is 6.13. The number of aromatic nitrogens is 2. The Balaban J connectivity index is 1.54. The molecule has 34 heavy (non-hydrogen) atoms. The number of ether oxygens (including phenoxy) is 3. The summed E-state index contributed by atoms with van der Waals surface area (Å²) in [6.07, 6.45) is 0. The average Bonchev–Trinajstić information content (AvgIpc) is 3.25. The predicted molar refractivity (Wildman–Crippen MR) is 136 cm³/mol. The lowest BCUT2D eigenvalue weighted by molar-refractivity contribution is 0.174. The number of benzene rings is 2. The zero-order valence-electron chi connectivity index (χ0n) is 18.8. The number of aliphatic imine (C=N–C) groups is 1. The van der Waals surface area contributed by atoms with Crippen molar-refractivity contribution in [2.24, 2.45) is 4.99 Å². The van der Waals surface area contributed by atoms with Gasteiger partial charge in [-0.2, -0.15) is 0 Å². The maximum Gasteiger partial charge on any atom is 0.231 e. The summed E-state index contributed by atoms with van der Waals surface area (Å²) in [5.74, 6) is 2.77. The van der Waals surface area contributed by atoms with Crippen LogP contribution in [0.5, 0.6) is 17.2 Å². The van der Waals surface area contributed by atoms with Crippen LogP contribution in [0.3, 0.4) is 0 Å². The summed E-state index contributed by atoms with van der Waals surface area (Å²) in [7, 11) is 1.57. The highest BCUT2D eigenvalue weighted by molar-refractivity contribution is 7.80. The average molecular weight is 499 g/mol. The quantitative estimate of drug-likeness (QED) is 0.267. The third kappa shape index (κ3) is 6.03. The second kappa shape index (κ2) is 10.5. The predicted octanol–water partition coefficient (Wildman–Crippen LogP) is 4.44. The van der Waals surface area contributed by atoms with Crippen LogP contribution in [0, 0.1) is 13.8 Å². The van der Waals surface area contributed by atoms with Gasteiger partial charge in [0.15, 0.2) is 16.6 Å². The fourth-order valence-corrected chi connectivity index (χ4v) is 3.63. The number of hydrogen-bond acceptors (Lipinski definition) is 7. The largest absolute Gasteiger partial charge is 0.495 e. The Bertz CT molecular complexity index is 1230.